The molecule has 0 aliphatic rings. The molecule has 0 aliphatic carbocycles. The molecule has 1 aromatic rings. The molecule has 0 unspecified atom stereocenters. The van der Waals surface area contributed by atoms with E-state index in [0.717, 1.165) is 5.76 Å². The monoisotopic (exact) mass is 198 g/mol. The van der Waals surface area contributed by atoms with Gasteiger partial charge in [0.25, 0.3) is 0 Å². The van der Waals surface area contributed by atoms with Crippen LogP contribution in [0.15, 0.2) is 10.7 Å². The Labute approximate surface area is 89.5 Å². The van der Waals surface area contributed by atoms with Gasteiger partial charge in [-0.25, -0.2) is 0 Å². The van der Waals surface area contributed by atoms with Gasteiger partial charge in [-0.15, -0.1) is 0 Å². The predicted molar refractivity (Wildman–Crippen MR) is 65.0 cm³/mol. The lowest BCUT2D eigenvalue weighted by molar-refractivity contribution is 0.528. The summed E-state index contributed by atoms with van der Waals surface area (Å²) >= 11 is 0. The number of hydrogen-bond acceptors (Lipinski definition) is 1. The van der Waals surface area contributed by atoms with Crippen LogP contribution >= 0.6 is 0 Å². The van der Waals surface area contributed by atoms with Crippen LogP contribution in [0, 0.1) is 13.8 Å². The van der Waals surface area contributed by atoms with Crippen molar-refractivity contribution in [3.63, 3.8) is 0 Å². The van der Waals surface area contributed by atoms with Crippen LogP contribution < -0.4 is 0 Å². The molecule has 1 heterocycles. The normalized spacial score (nSPS) is 8.64. The van der Waals surface area contributed by atoms with Crippen LogP contribution in [0.1, 0.15) is 64.3 Å². The van der Waals surface area contributed by atoms with Crippen molar-refractivity contribution >= 4 is 0 Å². The lowest BCUT2D eigenvalue weighted by Crippen LogP contribution is -1.86. The van der Waals surface area contributed by atoms with E-state index < -0.39 is 0 Å². The lowest BCUT2D eigenvalue weighted by Gasteiger charge is -2.00. The Kier molecular flexibility index (Phi) is 9.96. The topological polar surface area (TPSA) is 13.1 Å². The van der Waals surface area contributed by atoms with E-state index in [9.17, 15) is 0 Å². The summed E-state index contributed by atoms with van der Waals surface area (Å²) < 4.78 is 5.26. The maximum absolute atomic E-state index is 5.26. The third kappa shape index (κ3) is 4.50. The Balaban J connectivity index is 0. The SMILES string of the molecule is CC.CC.Cc1occ(C(C)C)c1C. The maximum Gasteiger partial charge on any atom is 0.103 e. The second-order valence-corrected chi connectivity index (χ2v) is 3.03. The molecule has 1 nitrogen and oxygen atoms in total. The van der Waals surface area contributed by atoms with Crippen LogP contribution in [0.2, 0.25) is 0 Å². The molecule has 1 aromatic heterocycles. The molecule has 0 aliphatic heterocycles. The molecule has 0 atom stereocenters. The molecule has 1 heteroatoms. The Hall–Kier alpha value is -0.720. The molecule has 0 radical (unpaired) electrons. The molecule has 1 rings (SSSR count). The van der Waals surface area contributed by atoms with Gasteiger partial charge >= 0.3 is 0 Å². The van der Waals surface area contributed by atoms with E-state index in [-0.39, 0.29) is 0 Å². The van der Waals surface area contributed by atoms with Crippen molar-refractivity contribution in [1.82, 2.24) is 0 Å². The largest absolute Gasteiger partial charge is 0.469 e. The molecule has 84 valence electrons. The van der Waals surface area contributed by atoms with Gasteiger partial charge < -0.3 is 4.42 Å². The summed E-state index contributed by atoms with van der Waals surface area (Å²) in [5.41, 5.74) is 2.63. The first kappa shape index (κ1) is 15.7. The molecule has 14 heavy (non-hydrogen) atoms. The van der Waals surface area contributed by atoms with E-state index in [1.165, 1.54) is 11.1 Å². The zero-order valence-electron chi connectivity index (χ0n) is 11.1. The van der Waals surface area contributed by atoms with Gasteiger partial charge in [-0.2, -0.15) is 0 Å². The van der Waals surface area contributed by atoms with Crippen molar-refractivity contribution in [3.8, 4) is 0 Å². The Morgan fingerprint density at radius 3 is 1.57 bits per heavy atom. The van der Waals surface area contributed by atoms with E-state index in [1.54, 1.807) is 0 Å². The smallest absolute Gasteiger partial charge is 0.103 e. The summed E-state index contributed by atoms with van der Waals surface area (Å²) in [6.45, 7) is 16.5. The van der Waals surface area contributed by atoms with Gasteiger partial charge in [0.1, 0.15) is 5.76 Å². The fraction of sp³-hybridized carbons (Fsp3) is 0.692. The van der Waals surface area contributed by atoms with E-state index in [4.69, 9.17) is 4.42 Å². The second-order valence-electron chi connectivity index (χ2n) is 3.03. The maximum atomic E-state index is 5.26. The first-order valence-electron chi connectivity index (χ1n) is 5.67. The van der Waals surface area contributed by atoms with Crippen molar-refractivity contribution in [3.05, 3.63) is 23.2 Å². The molecule has 0 aromatic carbocycles. The highest BCUT2D eigenvalue weighted by atomic mass is 16.3. The van der Waals surface area contributed by atoms with Crippen molar-refractivity contribution in [2.75, 3.05) is 0 Å². The lowest BCUT2D eigenvalue weighted by atomic mass is 10.0. The summed E-state index contributed by atoms with van der Waals surface area (Å²) in [5, 5.41) is 0. The minimum Gasteiger partial charge on any atom is -0.469 e. The van der Waals surface area contributed by atoms with E-state index in [0.29, 0.717) is 5.92 Å². The Morgan fingerprint density at radius 1 is 1.00 bits per heavy atom. The predicted octanol–water partition coefficient (Wildman–Crippen LogP) is 5.07. The summed E-state index contributed by atoms with van der Waals surface area (Å²) in [5.74, 6) is 1.63. The quantitative estimate of drug-likeness (QED) is 0.614. The fourth-order valence-corrected chi connectivity index (χ4v) is 1.10. The van der Waals surface area contributed by atoms with E-state index in [1.807, 2.05) is 40.9 Å². The van der Waals surface area contributed by atoms with Crippen LogP contribution in [-0.2, 0) is 0 Å². The van der Waals surface area contributed by atoms with Crippen LogP contribution in [0.3, 0.4) is 0 Å². The highest BCUT2D eigenvalue weighted by Gasteiger charge is 2.07. The zero-order valence-corrected chi connectivity index (χ0v) is 11.1. The van der Waals surface area contributed by atoms with Gasteiger partial charge in [-0.3, -0.25) is 0 Å². The standard InChI is InChI=1S/C9H14O.2C2H6/c1-6(2)9-5-10-8(4)7(9)3;2*1-2/h5-6H,1-4H3;2*1-2H3. The zero-order chi connectivity index (χ0) is 11.7. The first-order chi connectivity index (χ1) is 6.63. The highest BCUT2D eigenvalue weighted by molar-refractivity contribution is 5.27. The van der Waals surface area contributed by atoms with Crippen LogP contribution in [0.4, 0.5) is 0 Å². The molecular weight excluding hydrogens is 172 g/mol. The van der Waals surface area contributed by atoms with E-state index in [2.05, 4.69) is 20.8 Å². The van der Waals surface area contributed by atoms with Gasteiger partial charge in [0.05, 0.1) is 6.26 Å². The van der Waals surface area contributed by atoms with Gasteiger partial charge in [0.2, 0.25) is 0 Å². The van der Waals surface area contributed by atoms with Gasteiger partial charge in [-0.05, 0) is 30.9 Å². The van der Waals surface area contributed by atoms with Crippen molar-refractivity contribution in [1.29, 1.82) is 0 Å². The Bertz CT molecular complexity index is 221. The molecule has 0 N–H and O–H groups in total. The molecule has 0 spiro atoms. The number of hydrogen-bond donors (Lipinski definition) is 0. The molecule has 0 saturated heterocycles. The fourth-order valence-electron chi connectivity index (χ4n) is 1.10. The molecule has 0 amide bonds. The minimum atomic E-state index is 0.581. The third-order valence-electron chi connectivity index (χ3n) is 1.95. The second kappa shape index (κ2) is 8.86. The minimum absolute atomic E-state index is 0.581. The molecule has 0 fully saturated rings. The van der Waals surface area contributed by atoms with Crippen molar-refractivity contribution in [2.24, 2.45) is 0 Å². The summed E-state index contributed by atoms with van der Waals surface area (Å²) in [6.07, 6.45) is 1.86. The number of furan rings is 1. The average Bonchev–Trinajstić information content (AvgIpc) is 2.54. The first-order valence-corrected chi connectivity index (χ1v) is 5.67. The van der Waals surface area contributed by atoms with Gasteiger partial charge in [-0.1, -0.05) is 41.5 Å². The van der Waals surface area contributed by atoms with Crippen LogP contribution in [0.5, 0.6) is 0 Å². The molecule has 0 saturated carbocycles. The third-order valence-corrected chi connectivity index (χ3v) is 1.95. The van der Waals surface area contributed by atoms with Crippen molar-refractivity contribution < 1.29 is 4.42 Å². The Morgan fingerprint density at radius 2 is 1.43 bits per heavy atom. The molecular formula is C13H26O. The molecule has 0 bridgehead atoms. The van der Waals surface area contributed by atoms with Gasteiger partial charge in [0, 0.05) is 0 Å². The van der Waals surface area contributed by atoms with Crippen LogP contribution in [0.25, 0.3) is 0 Å². The van der Waals surface area contributed by atoms with Crippen molar-refractivity contribution in [2.45, 2.75) is 61.3 Å². The number of aryl methyl sites for hydroxylation is 1. The number of rotatable bonds is 1. The summed E-state index contributed by atoms with van der Waals surface area (Å²) in [4.78, 5) is 0. The summed E-state index contributed by atoms with van der Waals surface area (Å²) in [6, 6.07) is 0. The summed E-state index contributed by atoms with van der Waals surface area (Å²) in [7, 11) is 0. The van der Waals surface area contributed by atoms with Crippen LogP contribution in [-0.4, -0.2) is 0 Å². The van der Waals surface area contributed by atoms with E-state index >= 15 is 0 Å². The highest BCUT2D eigenvalue weighted by Crippen LogP contribution is 2.22. The van der Waals surface area contributed by atoms with Gasteiger partial charge in [0.15, 0.2) is 0 Å². The average molecular weight is 198 g/mol.